The fraction of sp³-hybridized carbons (Fsp3) is 0.154. The molecule has 1 aromatic carbocycles. The molecule has 1 aromatic heterocycles. The number of para-hydroxylation sites is 1. The summed E-state index contributed by atoms with van der Waals surface area (Å²) >= 11 is 0. The molecule has 2 aromatic rings. The normalized spacial score (nSPS) is 10.8. The van der Waals surface area contributed by atoms with Crippen molar-refractivity contribution in [1.29, 1.82) is 0 Å². The summed E-state index contributed by atoms with van der Waals surface area (Å²) < 4.78 is 7.51. The summed E-state index contributed by atoms with van der Waals surface area (Å²) in [5.74, 6) is 0.898. The second-order valence-corrected chi connectivity index (χ2v) is 3.35. The van der Waals surface area contributed by atoms with Crippen molar-refractivity contribution < 1.29 is 4.74 Å². The molecule has 0 unspecified atom stereocenters. The second-order valence-electron chi connectivity index (χ2n) is 3.35. The van der Waals surface area contributed by atoms with Crippen molar-refractivity contribution in [1.82, 2.24) is 9.55 Å². The summed E-state index contributed by atoms with van der Waals surface area (Å²) in [6, 6.07) is 9.80. The van der Waals surface area contributed by atoms with E-state index in [1.54, 1.807) is 12.5 Å². The molecular weight excluding hydrogens is 200 g/mol. The standard InChI is InChI=1S/C13H14N2O/c1-2-6-13(7-3-1)16-11-5-4-9-15-10-8-14-12-15/h1-8,10,12H,9,11H2. The molecule has 0 aliphatic heterocycles. The van der Waals surface area contributed by atoms with Crippen LogP contribution in [0.5, 0.6) is 5.75 Å². The Morgan fingerprint density at radius 2 is 2.06 bits per heavy atom. The molecule has 0 saturated carbocycles. The number of imidazole rings is 1. The Hall–Kier alpha value is -2.03. The average Bonchev–Trinajstić information content (AvgIpc) is 2.83. The molecule has 0 aliphatic carbocycles. The number of benzene rings is 1. The number of ether oxygens (including phenoxy) is 1. The molecule has 0 spiro atoms. The maximum atomic E-state index is 5.51. The van der Waals surface area contributed by atoms with Gasteiger partial charge in [0.2, 0.25) is 0 Å². The molecule has 3 nitrogen and oxygen atoms in total. The lowest BCUT2D eigenvalue weighted by Gasteiger charge is -2.01. The van der Waals surface area contributed by atoms with Gasteiger partial charge in [-0.2, -0.15) is 0 Å². The van der Waals surface area contributed by atoms with Crippen LogP contribution >= 0.6 is 0 Å². The smallest absolute Gasteiger partial charge is 0.119 e. The molecule has 16 heavy (non-hydrogen) atoms. The molecule has 0 fully saturated rings. The predicted molar refractivity (Wildman–Crippen MR) is 63.3 cm³/mol. The first kappa shape index (κ1) is 10.5. The van der Waals surface area contributed by atoms with E-state index < -0.39 is 0 Å². The fourth-order valence-corrected chi connectivity index (χ4v) is 1.32. The van der Waals surface area contributed by atoms with E-state index in [-0.39, 0.29) is 0 Å². The molecule has 0 radical (unpaired) electrons. The first-order chi connectivity index (χ1) is 7.95. The Morgan fingerprint density at radius 1 is 1.19 bits per heavy atom. The zero-order valence-electron chi connectivity index (χ0n) is 8.99. The van der Waals surface area contributed by atoms with E-state index in [9.17, 15) is 0 Å². The fourth-order valence-electron chi connectivity index (χ4n) is 1.32. The Balaban J connectivity index is 1.70. The minimum absolute atomic E-state index is 0.596. The molecular formula is C13H14N2O. The van der Waals surface area contributed by atoms with Crippen LogP contribution in [0, 0.1) is 0 Å². The van der Waals surface area contributed by atoms with E-state index in [0.717, 1.165) is 12.3 Å². The van der Waals surface area contributed by atoms with Crippen molar-refractivity contribution in [2.75, 3.05) is 6.61 Å². The van der Waals surface area contributed by atoms with Gasteiger partial charge in [-0.3, -0.25) is 0 Å². The van der Waals surface area contributed by atoms with Crippen molar-refractivity contribution in [3.63, 3.8) is 0 Å². The lowest BCUT2D eigenvalue weighted by molar-refractivity contribution is 0.362. The molecule has 2 rings (SSSR count). The van der Waals surface area contributed by atoms with Crippen molar-refractivity contribution in [2.24, 2.45) is 0 Å². The van der Waals surface area contributed by atoms with Gasteiger partial charge in [0.05, 0.1) is 6.33 Å². The molecule has 0 aliphatic rings. The number of nitrogens with zero attached hydrogens (tertiary/aromatic N) is 2. The maximum absolute atomic E-state index is 5.51. The third-order valence-electron chi connectivity index (χ3n) is 2.13. The number of hydrogen-bond donors (Lipinski definition) is 0. The van der Waals surface area contributed by atoms with Gasteiger partial charge in [0.25, 0.3) is 0 Å². The van der Waals surface area contributed by atoms with E-state index >= 15 is 0 Å². The Labute approximate surface area is 95.0 Å². The predicted octanol–water partition coefficient (Wildman–Crippen LogP) is 2.52. The third kappa shape index (κ3) is 3.28. The molecule has 0 N–H and O–H groups in total. The number of aromatic nitrogens is 2. The highest BCUT2D eigenvalue weighted by Gasteiger charge is 1.87. The first-order valence-corrected chi connectivity index (χ1v) is 5.24. The summed E-state index contributed by atoms with van der Waals surface area (Å²) in [6.45, 7) is 1.43. The van der Waals surface area contributed by atoms with Gasteiger partial charge in [-0.15, -0.1) is 0 Å². The van der Waals surface area contributed by atoms with Crippen LogP contribution in [0.15, 0.2) is 61.2 Å². The van der Waals surface area contributed by atoms with E-state index in [1.165, 1.54) is 0 Å². The maximum Gasteiger partial charge on any atom is 0.119 e. The van der Waals surface area contributed by atoms with E-state index in [4.69, 9.17) is 4.74 Å². The number of allylic oxidation sites excluding steroid dienone is 1. The molecule has 1 heterocycles. The van der Waals surface area contributed by atoms with Crippen molar-refractivity contribution in [2.45, 2.75) is 6.54 Å². The van der Waals surface area contributed by atoms with Crippen molar-refractivity contribution in [3.8, 4) is 5.75 Å². The van der Waals surface area contributed by atoms with Crippen LogP contribution in [-0.4, -0.2) is 16.2 Å². The van der Waals surface area contributed by atoms with Gasteiger partial charge in [0.1, 0.15) is 12.4 Å². The zero-order chi connectivity index (χ0) is 11.1. The monoisotopic (exact) mass is 214 g/mol. The average molecular weight is 214 g/mol. The van der Waals surface area contributed by atoms with Crippen LogP contribution in [0.4, 0.5) is 0 Å². The Bertz CT molecular complexity index is 420. The van der Waals surface area contributed by atoms with Gasteiger partial charge >= 0.3 is 0 Å². The second kappa shape index (κ2) is 5.75. The molecule has 82 valence electrons. The highest BCUT2D eigenvalue weighted by atomic mass is 16.5. The molecule has 0 bridgehead atoms. The van der Waals surface area contributed by atoms with Crippen LogP contribution in [0.3, 0.4) is 0 Å². The Morgan fingerprint density at radius 3 is 2.81 bits per heavy atom. The molecule has 0 atom stereocenters. The van der Waals surface area contributed by atoms with Gasteiger partial charge in [-0.05, 0) is 18.2 Å². The van der Waals surface area contributed by atoms with Crippen molar-refractivity contribution >= 4 is 0 Å². The zero-order valence-corrected chi connectivity index (χ0v) is 8.99. The number of rotatable bonds is 5. The topological polar surface area (TPSA) is 27.1 Å². The minimum atomic E-state index is 0.596. The van der Waals surface area contributed by atoms with Crippen LogP contribution in [0.1, 0.15) is 0 Å². The first-order valence-electron chi connectivity index (χ1n) is 5.24. The van der Waals surface area contributed by atoms with Crippen molar-refractivity contribution in [3.05, 3.63) is 61.2 Å². The quantitative estimate of drug-likeness (QED) is 0.715. The molecule has 3 heteroatoms. The molecule has 0 amide bonds. The van der Waals surface area contributed by atoms with Gasteiger partial charge in [-0.25, -0.2) is 4.98 Å². The number of hydrogen-bond acceptors (Lipinski definition) is 2. The van der Waals surface area contributed by atoms with E-state index in [2.05, 4.69) is 11.1 Å². The van der Waals surface area contributed by atoms with Crippen LogP contribution in [0.25, 0.3) is 0 Å². The van der Waals surface area contributed by atoms with Gasteiger partial charge < -0.3 is 9.30 Å². The van der Waals surface area contributed by atoms with Gasteiger partial charge in [-0.1, -0.05) is 24.3 Å². The summed E-state index contributed by atoms with van der Waals surface area (Å²) in [4.78, 5) is 3.97. The van der Waals surface area contributed by atoms with E-state index in [1.807, 2.05) is 47.2 Å². The van der Waals surface area contributed by atoms with Crippen LogP contribution in [-0.2, 0) is 6.54 Å². The highest BCUT2D eigenvalue weighted by molar-refractivity contribution is 5.21. The third-order valence-corrected chi connectivity index (χ3v) is 2.13. The van der Waals surface area contributed by atoms with Gasteiger partial charge in [0.15, 0.2) is 0 Å². The Kier molecular flexibility index (Phi) is 3.77. The van der Waals surface area contributed by atoms with Gasteiger partial charge in [0, 0.05) is 18.9 Å². The summed E-state index contributed by atoms with van der Waals surface area (Å²) in [5, 5.41) is 0. The lowest BCUT2D eigenvalue weighted by atomic mass is 10.3. The molecule has 0 saturated heterocycles. The summed E-state index contributed by atoms with van der Waals surface area (Å²) in [7, 11) is 0. The van der Waals surface area contributed by atoms with Crippen LogP contribution < -0.4 is 4.74 Å². The largest absolute Gasteiger partial charge is 0.490 e. The highest BCUT2D eigenvalue weighted by Crippen LogP contribution is 2.07. The van der Waals surface area contributed by atoms with Crippen LogP contribution in [0.2, 0.25) is 0 Å². The SMILES string of the molecule is C(=CCn1ccnc1)COc1ccccc1. The van der Waals surface area contributed by atoms with E-state index in [0.29, 0.717) is 6.61 Å². The summed E-state index contributed by atoms with van der Waals surface area (Å²) in [6.07, 6.45) is 9.57. The summed E-state index contributed by atoms with van der Waals surface area (Å²) in [5.41, 5.74) is 0. The minimum Gasteiger partial charge on any atom is -0.490 e. The lowest BCUT2D eigenvalue weighted by Crippen LogP contribution is -1.94.